The number of para-hydroxylation sites is 1. The Hall–Kier alpha value is -2.95. The maximum Gasteiger partial charge on any atom is 0.165 e. The molecular formula is C24H28BN3O. The largest absolute Gasteiger partial charge is 0.399 e. The highest BCUT2D eigenvalue weighted by molar-refractivity contribution is 6.33. The molecule has 2 aliphatic carbocycles. The Kier molecular flexibility index (Phi) is 5.48. The lowest BCUT2D eigenvalue weighted by molar-refractivity contribution is 0.0973. The Morgan fingerprint density at radius 3 is 2.90 bits per heavy atom. The molecule has 4 nitrogen and oxygen atoms in total. The van der Waals surface area contributed by atoms with Crippen LogP contribution in [0.3, 0.4) is 0 Å². The van der Waals surface area contributed by atoms with E-state index in [1.807, 2.05) is 12.1 Å². The van der Waals surface area contributed by atoms with Gasteiger partial charge in [-0.25, -0.2) is 0 Å². The molecule has 0 aliphatic heterocycles. The number of benzene rings is 1. The van der Waals surface area contributed by atoms with E-state index in [2.05, 4.69) is 53.6 Å². The summed E-state index contributed by atoms with van der Waals surface area (Å²) >= 11 is 0. The van der Waals surface area contributed by atoms with Crippen LogP contribution in [0, 0.1) is 0 Å². The van der Waals surface area contributed by atoms with E-state index in [4.69, 9.17) is 5.73 Å². The molecule has 1 aromatic heterocycles. The summed E-state index contributed by atoms with van der Waals surface area (Å²) in [5, 5.41) is 4.60. The monoisotopic (exact) mass is 385 g/mol. The molecule has 4 rings (SSSR count). The van der Waals surface area contributed by atoms with Gasteiger partial charge in [0, 0.05) is 58.7 Å². The smallest absolute Gasteiger partial charge is 0.165 e. The van der Waals surface area contributed by atoms with Crippen LogP contribution in [-0.4, -0.2) is 24.2 Å². The number of hydrogen-bond acceptors (Lipinski definition) is 3. The van der Waals surface area contributed by atoms with Gasteiger partial charge in [-0.15, -0.1) is 0 Å². The zero-order chi connectivity index (χ0) is 20.4. The van der Waals surface area contributed by atoms with Crippen molar-refractivity contribution in [3.8, 4) is 0 Å². The molecule has 29 heavy (non-hydrogen) atoms. The number of nitrogens with zero attached hydrogens (tertiary/aromatic N) is 1. The van der Waals surface area contributed by atoms with Gasteiger partial charge in [-0.05, 0) is 31.1 Å². The van der Waals surface area contributed by atoms with Crippen LogP contribution < -0.4 is 11.1 Å². The highest BCUT2D eigenvalue weighted by atomic mass is 16.1. The van der Waals surface area contributed by atoms with Crippen molar-refractivity contribution >= 4 is 29.7 Å². The molecular weight excluding hydrogens is 357 g/mol. The highest BCUT2D eigenvalue weighted by Crippen LogP contribution is 2.35. The summed E-state index contributed by atoms with van der Waals surface area (Å²) in [6.45, 7) is 7.08. The number of hydrogen-bond donors (Lipinski definition) is 2. The van der Waals surface area contributed by atoms with Crippen LogP contribution in [0.1, 0.15) is 35.3 Å². The molecule has 3 N–H and O–H groups in total. The SMILES string of the molecule is C=C(N)C1=C(NCCBC)CC=C(n2c3c(c4ccccc42)C(=O)CCC3)C=C1. The first-order chi connectivity index (χ1) is 14.1. The maximum atomic E-state index is 12.7. The van der Waals surface area contributed by atoms with Gasteiger partial charge in [-0.2, -0.15) is 0 Å². The standard InChI is InChI=1S/C24H28BN3O/c1-16(26)18-12-10-17(11-13-20(18)27-15-14-25-2)28-21-7-4-3-6-19(21)24-22(28)8-5-9-23(24)29/h3-4,6-7,10-12,25,27H,1,5,8-9,13-15,26H2,2H3. The van der Waals surface area contributed by atoms with Crippen molar-refractivity contribution in [3.63, 3.8) is 0 Å². The minimum atomic E-state index is 0.260. The van der Waals surface area contributed by atoms with E-state index in [-0.39, 0.29) is 5.78 Å². The fourth-order valence-corrected chi connectivity index (χ4v) is 4.38. The van der Waals surface area contributed by atoms with Crippen LogP contribution in [-0.2, 0) is 6.42 Å². The summed E-state index contributed by atoms with van der Waals surface area (Å²) in [6.07, 6.45) is 10.7. The molecule has 0 amide bonds. The van der Waals surface area contributed by atoms with Gasteiger partial charge >= 0.3 is 0 Å². The second-order valence-corrected chi connectivity index (χ2v) is 7.82. The second-order valence-electron chi connectivity index (χ2n) is 7.82. The first-order valence-electron chi connectivity index (χ1n) is 10.6. The average Bonchev–Trinajstić information content (AvgIpc) is 2.90. The fourth-order valence-electron chi connectivity index (χ4n) is 4.38. The number of fused-ring (bicyclic) bond motifs is 3. The maximum absolute atomic E-state index is 12.7. The van der Waals surface area contributed by atoms with Gasteiger partial charge in [-0.1, -0.05) is 44.0 Å². The summed E-state index contributed by atoms with van der Waals surface area (Å²) < 4.78 is 2.27. The van der Waals surface area contributed by atoms with Crippen LogP contribution in [0.4, 0.5) is 0 Å². The first-order valence-corrected chi connectivity index (χ1v) is 10.6. The van der Waals surface area contributed by atoms with Crippen LogP contribution in [0.2, 0.25) is 13.1 Å². The van der Waals surface area contributed by atoms with Gasteiger partial charge in [0.25, 0.3) is 0 Å². The van der Waals surface area contributed by atoms with Gasteiger partial charge in [0.2, 0.25) is 0 Å². The van der Waals surface area contributed by atoms with E-state index in [0.717, 1.165) is 78.5 Å². The number of carbonyl (C=O) groups excluding carboxylic acids is 1. The molecule has 0 bridgehead atoms. The van der Waals surface area contributed by atoms with E-state index in [1.54, 1.807) is 0 Å². The molecule has 0 atom stereocenters. The quantitative estimate of drug-likeness (QED) is 0.579. The van der Waals surface area contributed by atoms with Crippen molar-refractivity contribution in [2.75, 3.05) is 6.54 Å². The Morgan fingerprint density at radius 1 is 1.28 bits per heavy atom. The van der Waals surface area contributed by atoms with Gasteiger partial charge < -0.3 is 15.6 Å². The first kappa shape index (κ1) is 19.4. The van der Waals surface area contributed by atoms with Crippen molar-refractivity contribution in [2.24, 2.45) is 5.73 Å². The van der Waals surface area contributed by atoms with Crippen LogP contribution in [0.15, 0.2) is 66.0 Å². The second kappa shape index (κ2) is 8.20. The van der Waals surface area contributed by atoms with Crippen molar-refractivity contribution < 1.29 is 4.79 Å². The van der Waals surface area contributed by atoms with Gasteiger partial charge in [0.05, 0.1) is 5.52 Å². The number of nitrogens with one attached hydrogen (secondary N) is 1. The Morgan fingerprint density at radius 2 is 2.10 bits per heavy atom. The van der Waals surface area contributed by atoms with Gasteiger partial charge in [-0.3, -0.25) is 4.79 Å². The zero-order valence-corrected chi connectivity index (χ0v) is 17.1. The summed E-state index contributed by atoms with van der Waals surface area (Å²) in [7, 11) is 1.14. The normalized spacial score (nSPS) is 16.4. The number of aromatic nitrogens is 1. The Labute approximate surface area is 173 Å². The third kappa shape index (κ3) is 3.57. The molecule has 0 radical (unpaired) electrons. The predicted octanol–water partition coefficient (Wildman–Crippen LogP) is 4.18. The summed E-state index contributed by atoms with van der Waals surface area (Å²) in [4.78, 5) is 12.7. The Balaban J connectivity index is 1.79. The highest BCUT2D eigenvalue weighted by Gasteiger charge is 2.26. The molecule has 0 unspecified atom stereocenters. The number of nitrogens with two attached hydrogens (primary N) is 1. The number of ketones is 1. The molecule has 0 saturated heterocycles. The summed E-state index contributed by atoms with van der Waals surface area (Å²) in [6, 6.07) is 8.23. The molecule has 0 saturated carbocycles. The topological polar surface area (TPSA) is 60.0 Å². The minimum absolute atomic E-state index is 0.260. The van der Waals surface area contributed by atoms with E-state index in [9.17, 15) is 4.79 Å². The van der Waals surface area contributed by atoms with E-state index < -0.39 is 0 Å². The molecule has 1 heterocycles. The number of carbonyl (C=O) groups is 1. The number of Topliss-reactive ketones (excluding diaryl/α,β-unsaturated/α-hetero) is 1. The van der Waals surface area contributed by atoms with Gasteiger partial charge in [0.1, 0.15) is 7.28 Å². The van der Waals surface area contributed by atoms with Crippen molar-refractivity contribution in [1.82, 2.24) is 9.88 Å². The zero-order valence-electron chi connectivity index (χ0n) is 17.1. The summed E-state index contributed by atoms with van der Waals surface area (Å²) in [5.74, 6) is 0.260. The lowest BCUT2D eigenvalue weighted by Crippen LogP contribution is -2.18. The van der Waals surface area contributed by atoms with Crippen molar-refractivity contribution in [1.29, 1.82) is 0 Å². The minimum Gasteiger partial charge on any atom is -0.399 e. The molecule has 0 fully saturated rings. The lowest BCUT2D eigenvalue weighted by atomic mass is 9.78. The van der Waals surface area contributed by atoms with E-state index in [1.165, 1.54) is 0 Å². The molecule has 1 aromatic carbocycles. The predicted molar refractivity (Wildman–Crippen MR) is 123 cm³/mol. The average molecular weight is 385 g/mol. The third-order valence-corrected chi connectivity index (χ3v) is 5.80. The molecule has 5 heteroatoms. The van der Waals surface area contributed by atoms with Crippen LogP contribution >= 0.6 is 0 Å². The van der Waals surface area contributed by atoms with Crippen molar-refractivity contribution in [3.05, 3.63) is 77.3 Å². The van der Waals surface area contributed by atoms with E-state index >= 15 is 0 Å². The fraction of sp³-hybridized carbons (Fsp3) is 0.292. The van der Waals surface area contributed by atoms with Gasteiger partial charge in [0.15, 0.2) is 5.78 Å². The molecule has 2 aromatic rings. The molecule has 0 spiro atoms. The van der Waals surface area contributed by atoms with Crippen LogP contribution in [0.5, 0.6) is 0 Å². The molecule has 2 aliphatic rings. The number of allylic oxidation sites excluding steroid dienone is 4. The molecule has 148 valence electrons. The third-order valence-electron chi connectivity index (χ3n) is 5.80. The lowest BCUT2D eigenvalue weighted by Gasteiger charge is -2.16. The van der Waals surface area contributed by atoms with E-state index in [0.29, 0.717) is 12.1 Å². The summed E-state index contributed by atoms with van der Waals surface area (Å²) in [5.41, 5.74) is 13.0. The number of rotatable bonds is 6. The van der Waals surface area contributed by atoms with Crippen molar-refractivity contribution in [2.45, 2.75) is 38.8 Å². The van der Waals surface area contributed by atoms with Crippen LogP contribution in [0.25, 0.3) is 16.6 Å². The Bertz CT molecular complexity index is 1070.